The van der Waals surface area contributed by atoms with Gasteiger partial charge in [0.05, 0.1) is 11.5 Å². The molecule has 3 fully saturated rings. The van der Waals surface area contributed by atoms with Gasteiger partial charge in [0.25, 0.3) is 0 Å². The van der Waals surface area contributed by atoms with Crippen molar-refractivity contribution in [3.63, 3.8) is 0 Å². The van der Waals surface area contributed by atoms with Crippen LogP contribution < -0.4 is 5.32 Å². The highest BCUT2D eigenvalue weighted by Gasteiger charge is 2.44. The minimum atomic E-state index is -2.72. The monoisotopic (exact) mass is 272 g/mol. The van der Waals surface area contributed by atoms with E-state index in [1.165, 1.54) is 12.8 Å². The van der Waals surface area contributed by atoms with Crippen LogP contribution in [0.3, 0.4) is 0 Å². The molecule has 2 atom stereocenters. The maximum Gasteiger partial charge on any atom is 0.150 e. The number of hydrogen-bond donors (Lipinski definition) is 1. The van der Waals surface area contributed by atoms with Gasteiger partial charge in [-0.1, -0.05) is 0 Å². The number of hydrogen-bond acceptors (Lipinski definition) is 4. The first-order valence-electron chi connectivity index (χ1n) is 7.15. The topological polar surface area (TPSA) is 49.4 Å². The van der Waals surface area contributed by atoms with E-state index in [4.69, 9.17) is 0 Å². The Morgan fingerprint density at radius 3 is 2.72 bits per heavy atom. The van der Waals surface area contributed by atoms with Gasteiger partial charge in [-0.3, -0.25) is 4.90 Å². The standard InChI is InChI=1S/C13H24N2O2S/c1-13(12-2-3-12)10-15(6-5-14-13)8-11-4-7-18(16,17)9-11/h11-12,14H,2-10H2,1H3. The van der Waals surface area contributed by atoms with Gasteiger partial charge >= 0.3 is 0 Å². The van der Waals surface area contributed by atoms with E-state index >= 15 is 0 Å². The van der Waals surface area contributed by atoms with Crippen LogP contribution >= 0.6 is 0 Å². The van der Waals surface area contributed by atoms with E-state index in [0.29, 0.717) is 17.4 Å². The molecule has 1 N–H and O–H groups in total. The quantitative estimate of drug-likeness (QED) is 0.812. The molecule has 0 spiro atoms. The van der Waals surface area contributed by atoms with Crippen LogP contribution in [0.1, 0.15) is 26.2 Å². The maximum absolute atomic E-state index is 11.5. The summed E-state index contributed by atoms with van der Waals surface area (Å²) in [5.41, 5.74) is 0.274. The Bertz CT molecular complexity index is 419. The predicted octanol–water partition coefficient (Wildman–Crippen LogP) is 0.495. The molecule has 0 amide bonds. The minimum absolute atomic E-state index is 0.274. The van der Waals surface area contributed by atoms with Crippen LogP contribution in [-0.4, -0.2) is 56.5 Å². The summed E-state index contributed by atoms with van der Waals surface area (Å²) in [7, 11) is -2.72. The van der Waals surface area contributed by atoms with Crippen LogP contribution in [0.2, 0.25) is 0 Å². The third kappa shape index (κ3) is 2.73. The van der Waals surface area contributed by atoms with E-state index in [0.717, 1.165) is 38.5 Å². The molecule has 18 heavy (non-hydrogen) atoms. The Balaban J connectivity index is 1.57. The van der Waals surface area contributed by atoms with E-state index in [2.05, 4.69) is 17.1 Å². The van der Waals surface area contributed by atoms with E-state index < -0.39 is 9.84 Å². The van der Waals surface area contributed by atoms with Crippen molar-refractivity contribution in [2.45, 2.75) is 31.7 Å². The lowest BCUT2D eigenvalue weighted by Gasteiger charge is -2.42. The van der Waals surface area contributed by atoms with Crippen molar-refractivity contribution in [2.24, 2.45) is 11.8 Å². The van der Waals surface area contributed by atoms with E-state index in [1.54, 1.807) is 0 Å². The SMILES string of the molecule is CC1(C2CC2)CN(CC2CCS(=O)(=O)C2)CCN1. The maximum atomic E-state index is 11.5. The van der Waals surface area contributed by atoms with Gasteiger partial charge in [-0.15, -0.1) is 0 Å². The first kappa shape index (κ1) is 12.9. The highest BCUT2D eigenvalue weighted by atomic mass is 32.2. The van der Waals surface area contributed by atoms with Crippen LogP contribution in [0.5, 0.6) is 0 Å². The number of sulfone groups is 1. The van der Waals surface area contributed by atoms with Gasteiger partial charge in [-0.25, -0.2) is 8.42 Å². The zero-order valence-corrected chi connectivity index (χ0v) is 12.0. The van der Waals surface area contributed by atoms with Crippen molar-refractivity contribution < 1.29 is 8.42 Å². The lowest BCUT2D eigenvalue weighted by atomic mass is 9.92. The number of rotatable bonds is 3. The molecule has 1 saturated carbocycles. The highest BCUT2D eigenvalue weighted by Crippen LogP contribution is 2.40. The molecule has 3 aliphatic rings. The average Bonchev–Trinajstić information content (AvgIpc) is 3.06. The number of piperazine rings is 1. The molecule has 0 aromatic rings. The molecule has 104 valence electrons. The van der Waals surface area contributed by atoms with Crippen LogP contribution in [0.25, 0.3) is 0 Å². The summed E-state index contributed by atoms with van der Waals surface area (Å²) in [6.45, 7) is 6.52. The Morgan fingerprint density at radius 2 is 2.11 bits per heavy atom. The third-order valence-electron chi connectivity index (χ3n) is 4.83. The second-order valence-electron chi connectivity index (χ2n) is 6.62. The summed E-state index contributed by atoms with van der Waals surface area (Å²) in [6.07, 6.45) is 3.58. The van der Waals surface area contributed by atoms with Crippen molar-refractivity contribution in [1.82, 2.24) is 10.2 Å². The van der Waals surface area contributed by atoms with Gasteiger partial charge in [0.2, 0.25) is 0 Å². The zero-order valence-electron chi connectivity index (χ0n) is 11.2. The predicted molar refractivity (Wildman–Crippen MR) is 72.3 cm³/mol. The third-order valence-corrected chi connectivity index (χ3v) is 6.67. The molecular formula is C13H24N2O2S. The van der Waals surface area contributed by atoms with E-state index in [-0.39, 0.29) is 5.54 Å². The largest absolute Gasteiger partial charge is 0.309 e. The van der Waals surface area contributed by atoms with Crippen LogP contribution in [-0.2, 0) is 9.84 Å². The van der Waals surface area contributed by atoms with Crippen LogP contribution in [0, 0.1) is 11.8 Å². The molecule has 0 aromatic carbocycles. The van der Waals surface area contributed by atoms with Gasteiger partial charge in [0.1, 0.15) is 0 Å². The number of nitrogens with one attached hydrogen (secondary N) is 1. The van der Waals surface area contributed by atoms with Crippen molar-refractivity contribution in [3.8, 4) is 0 Å². The lowest BCUT2D eigenvalue weighted by Crippen LogP contribution is -2.60. The molecule has 2 aliphatic heterocycles. The molecule has 0 aromatic heterocycles. The van der Waals surface area contributed by atoms with Crippen molar-refractivity contribution >= 4 is 9.84 Å². The molecule has 5 heteroatoms. The van der Waals surface area contributed by atoms with Gasteiger partial charge in [0, 0.05) is 31.7 Å². The van der Waals surface area contributed by atoms with Crippen molar-refractivity contribution in [2.75, 3.05) is 37.7 Å². The Hall–Kier alpha value is -0.130. The van der Waals surface area contributed by atoms with Gasteiger partial charge in [-0.2, -0.15) is 0 Å². The normalized spacial score (nSPS) is 41.1. The fraction of sp³-hybridized carbons (Fsp3) is 1.00. The fourth-order valence-corrected chi connectivity index (χ4v) is 5.48. The molecule has 0 bridgehead atoms. The van der Waals surface area contributed by atoms with Crippen molar-refractivity contribution in [1.29, 1.82) is 0 Å². The van der Waals surface area contributed by atoms with Crippen molar-refractivity contribution in [3.05, 3.63) is 0 Å². The second-order valence-corrected chi connectivity index (χ2v) is 8.85. The Morgan fingerprint density at radius 1 is 1.33 bits per heavy atom. The summed E-state index contributed by atoms with van der Waals surface area (Å²) in [5, 5.41) is 3.67. The molecule has 2 heterocycles. The van der Waals surface area contributed by atoms with Crippen LogP contribution in [0.4, 0.5) is 0 Å². The molecule has 3 rings (SSSR count). The first-order valence-corrected chi connectivity index (χ1v) is 8.97. The molecule has 4 nitrogen and oxygen atoms in total. The summed E-state index contributed by atoms with van der Waals surface area (Å²) in [6, 6.07) is 0. The van der Waals surface area contributed by atoms with E-state index in [9.17, 15) is 8.42 Å². The average molecular weight is 272 g/mol. The van der Waals surface area contributed by atoms with Gasteiger partial charge in [-0.05, 0) is 38.0 Å². The fourth-order valence-electron chi connectivity index (χ4n) is 3.63. The van der Waals surface area contributed by atoms with E-state index in [1.807, 2.05) is 0 Å². The Labute approximate surface area is 110 Å². The lowest BCUT2D eigenvalue weighted by molar-refractivity contribution is 0.115. The molecule has 0 radical (unpaired) electrons. The molecule has 2 saturated heterocycles. The van der Waals surface area contributed by atoms with Crippen LogP contribution in [0.15, 0.2) is 0 Å². The Kier molecular flexibility index (Phi) is 3.19. The van der Waals surface area contributed by atoms with Gasteiger partial charge in [0.15, 0.2) is 9.84 Å². The number of nitrogens with zero attached hydrogens (tertiary/aromatic N) is 1. The summed E-state index contributed by atoms with van der Waals surface area (Å²) >= 11 is 0. The van der Waals surface area contributed by atoms with Gasteiger partial charge < -0.3 is 5.32 Å². The molecule has 2 unspecified atom stereocenters. The smallest absolute Gasteiger partial charge is 0.150 e. The first-order chi connectivity index (χ1) is 8.47. The molecular weight excluding hydrogens is 248 g/mol. The highest BCUT2D eigenvalue weighted by molar-refractivity contribution is 7.91. The summed E-state index contributed by atoms with van der Waals surface area (Å²) in [4.78, 5) is 2.49. The summed E-state index contributed by atoms with van der Waals surface area (Å²) < 4.78 is 23.0. The molecule has 1 aliphatic carbocycles. The summed E-state index contributed by atoms with van der Waals surface area (Å²) in [5.74, 6) is 2.03. The minimum Gasteiger partial charge on any atom is -0.309 e. The second kappa shape index (κ2) is 4.46. The zero-order chi connectivity index (χ0) is 12.8.